The molecule has 4 aromatic heterocycles. The third kappa shape index (κ3) is 11.4. The van der Waals surface area contributed by atoms with Crippen LogP contribution >= 0.6 is 0 Å². The van der Waals surface area contributed by atoms with E-state index in [1.54, 1.807) is 0 Å². The molecule has 11 aromatic carbocycles. The number of benzene rings is 11. The summed E-state index contributed by atoms with van der Waals surface area (Å²) in [4.78, 5) is 32.3. The molecular formula is C88H78N8. The zero-order chi connectivity index (χ0) is 66.4. The molecule has 0 atom stereocenters. The molecular weight excluding hydrogens is 1170 g/mol. The third-order valence-corrected chi connectivity index (χ3v) is 18.9. The van der Waals surface area contributed by atoms with Crippen molar-refractivity contribution in [2.45, 2.75) is 105 Å². The normalized spacial score (nSPS) is 12.4. The highest BCUT2D eigenvalue weighted by molar-refractivity contribution is 6.11. The maximum absolute atomic E-state index is 5.46. The number of rotatable bonds is 10. The first-order valence-corrected chi connectivity index (χ1v) is 33.4. The van der Waals surface area contributed by atoms with Crippen molar-refractivity contribution in [1.29, 1.82) is 0 Å². The molecule has 470 valence electrons. The van der Waals surface area contributed by atoms with Crippen molar-refractivity contribution in [2.24, 2.45) is 0 Å². The molecule has 96 heavy (non-hydrogen) atoms. The molecule has 4 heterocycles. The van der Waals surface area contributed by atoms with Gasteiger partial charge in [-0.25, -0.2) is 29.9 Å². The highest BCUT2D eigenvalue weighted by Gasteiger charge is 2.27. The Balaban J connectivity index is 0.985. The lowest BCUT2D eigenvalue weighted by Crippen LogP contribution is -2.10. The average molecular weight is 1250 g/mol. The average Bonchev–Trinajstić information content (AvgIpc) is 1.60. The molecule has 0 aliphatic rings. The van der Waals surface area contributed by atoms with Gasteiger partial charge >= 0.3 is 0 Å². The van der Waals surface area contributed by atoms with Gasteiger partial charge in [0.05, 0.1) is 22.1 Å². The smallest absolute Gasteiger partial charge is 0.164 e. The maximum atomic E-state index is 5.46. The van der Waals surface area contributed by atoms with Crippen molar-refractivity contribution in [3.8, 4) is 102 Å². The van der Waals surface area contributed by atoms with E-state index in [0.717, 1.165) is 89.1 Å². The van der Waals surface area contributed by atoms with Crippen molar-refractivity contribution >= 4 is 43.6 Å². The van der Waals surface area contributed by atoms with E-state index in [9.17, 15) is 0 Å². The highest BCUT2D eigenvalue weighted by atomic mass is 15.1. The molecule has 0 spiro atoms. The van der Waals surface area contributed by atoms with Crippen LogP contribution in [0, 0.1) is 0 Å². The second-order valence-electron chi connectivity index (χ2n) is 29.7. The van der Waals surface area contributed by atoms with Gasteiger partial charge in [-0.2, -0.15) is 0 Å². The molecule has 8 heteroatoms. The summed E-state index contributed by atoms with van der Waals surface area (Å²) >= 11 is 0. The summed E-state index contributed by atoms with van der Waals surface area (Å²) in [5, 5.41) is 4.87. The number of hydrogen-bond acceptors (Lipinski definition) is 6. The SMILES string of the molecule is CC(C)(C)c1ccc2c(c1)c1cc(C(C)(C)C)ccc1n2-c1ccc(-c2cccc(-c3ccc(-n4c5ccc(C(C)(C)C)cc5c5cc(C(C)(C)C)ccc54)cc3-c3nc(-c4ccccc4)nc(-c4ccccc4)n3)c2)c(-c2nc(-c3ccccc3)nc(-c3ccccc3)n2)c1. The van der Waals surface area contributed by atoms with Gasteiger partial charge in [-0.1, -0.05) is 259 Å². The summed E-state index contributed by atoms with van der Waals surface area (Å²) in [6.07, 6.45) is 0. The minimum Gasteiger partial charge on any atom is -0.309 e. The second-order valence-corrected chi connectivity index (χ2v) is 29.7. The molecule has 0 aliphatic heterocycles. The van der Waals surface area contributed by atoms with E-state index < -0.39 is 0 Å². The van der Waals surface area contributed by atoms with E-state index in [0.29, 0.717) is 34.9 Å². The van der Waals surface area contributed by atoms with Gasteiger partial charge in [0.1, 0.15) is 0 Å². The molecule has 0 amide bonds. The highest BCUT2D eigenvalue weighted by Crippen LogP contribution is 2.45. The summed E-state index contributed by atoms with van der Waals surface area (Å²) in [5.41, 5.74) is 20.6. The molecule has 0 fully saturated rings. The van der Waals surface area contributed by atoms with E-state index in [1.807, 2.05) is 72.8 Å². The van der Waals surface area contributed by atoms with E-state index in [4.69, 9.17) is 29.9 Å². The fourth-order valence-electron chi connectivity index (χ4n) is 13.4. The van der Waals surface area contributed by atoms with Crippen LogP contribution in [0.25, 0.3) is 146 Å². The Morgan fingerprint density at radius 1 is 0.208 bits per heavy atom. The van der Waals surface area contributed by atoms with Crippen LogP contribution in [0.4, 0.5) is 0 Å². The molecule has 0 unspecified atom stereocenters. The first kappa shape index (κ1) is 61.2. The zero-order valence-corrected chi connectivity index (χ0v) is 56.8. The van der Waals surface area contributed by atoms with E-state index in [-0.39, 0.29) is 21.7 Å². The third-order valence-electron chi connectivity index (χ3n) is 18.9. The summed E-state index contributed by atoms with van der Waals surface area (Å²) in [5.74, 6) is 3.47. The van der Waals surface area contributed by atoms with Crippen molar-refractivity contribution in [1.82, 2.24) is 39.0 Å². The molecule has 15 aromatic rings. The summed E-state index contributed by atoms with van der Waals surface area (Å²) in [6.45, 7) is 27.5. The molecule has 0 bridgehead atoms. The van der Waals surface area contributed by atoms with Gasteiger partial charge in [0, 0.05) is 66.3 Å². The molecule has 8 nitrogen and oxygen atoms in total. The standard InChI is InChI=1S/C88H78N8/c1-85(2,3)61-36-44-75-69(49-61)70-50-62(86(4,5)6)37-45-76(70)95(75)65-40-42-67(73(53-65)83-91-79(55-26-17-13-18-27-55)89-80(92-83)56-28-19-14-20-29-56)59-34-25-35-60(48-59)68-43-41-66(54-74(68)84-93-81(57-30-21-15-22-31-57)90-82(94-84)58-32-23-16-24-33-58)96-77-46-38-63(87(7,8)9)51-71(77)72-52-64(88(10,11)12)39-47-78(72)96/h13-54H,1-12H3. The minimum atomic E-state index is -0.0522. The van der Waals surface area contributed by atoms with Crippen LogP contribution < -0.4 is 0 Å². The van der Waals surface area contributed by atoms with Crippen LogP contribution in [0.3, 0.4) is 0 Å². The van der Waals surface area contributed by atoms with Gasteiger partial charge in [-0.15, -0.1) is 0 Å². The Bertz CT molecular complexity index is 4880. The fraction of sp³-hybridized carbons (Fsp3) is 0.182. The summed E-state index contributed by atoms with van der Waals surface area (Å²) in [6, 6.07) is 91.5. The van der Waals surface area contributed by atoms with Crippen molar-refractivity contribution < 1.29 is 0 Å². The lowest BCUT2D eigenvalue weighted by molar-refractivity contribution is 0.590. The fourth-order valence-corrected chi connectivity index (χ4v) is 13.4. The maximum Gasteiger partial charge on any atom is 0.164 e. The van der Waals surface area contributed by atoms with Gasteiger partial charge in [-0.3, -0.25) is 0 Å². The number of aromatic nitrogens is 8. The molecule has 0 radical (unpaired) electrons. The molecule has 0 saturated heterocycles. The first-order chi connectivity index (χ1) is 46.1. The van der Waals surface area contributed by atoms with E-state index in [2.05, 4.69) is 274 Å². The summed E-state index contributed by atoms with van der Waals surface area (Å²) < 4.78 is 4.84. The van der Waals surface area contributed by atoms with Crippen LogP contribution in [-0.4, -0.2) is 39.0 Å². The van der Waals surface area contributed by atoms with Gasteiger partial charge in [0.15, 0.2) is 34.9 Å². The second kappa shape index (κ2) is 23.5. The lowest BCUT2D eigenvalue weighted by Gasteiger charge is -2.19. The van der Waals surface area contributed by atoms with Gasteiger partial charge < -0.3 is 9.13 Å². The van der Waals surface area contributed by atoms with Crippen LogP contribution in [-0.2, 0) is 21.7 Å². The number of hydrogen-bond donors (Lipinski definition) is 0. The van der Waals surface area contributed by atoms with Crippen molar-refractivity contribution in [3.05, 3.63) is 277 Å². The van der Waals surface area contributed by atoms with Crippen LogP contribution in [0.2, 0.25) is 0 Å². The predicted molar refractivity (Wildman–Crippen MR) is 400 cm³/mol. The van der Waals surface area contributed by atoms with Crippen LogP contribution in [0.5, 0.6) is 0 Å². The molecule has 15 rings (SSSR count). The Morgan fingerprint density at radius 3 is 0.719 bits per heavy atom. The Kier molecular flexibility index (Phi) is 15.0. The zero-order valence-electron chi connectivity index (χ0n) is 56.8. The lowest BCUT2D eigenvalue weighted by atomic mass is 9.85. The molecule has 0 saturated carbocycles. The number of nitrogens with zero attached hydrogens (tertiary/aromatic N) is 8. The largest absolute Gasteiger partial charge is 0.309 e. The minimum absolute atomic E-state index is 0.0522. The van der Waals surface area contributed by atoms with Crippen LogP contribution in [0.15, 0.2) is 255 Å². The Morgan fingerprint density at radius 2 is 0.458 bits per heavy atom. The Labute approximate surface area is 563 Å². The van der Waals surface area contributed by atoms with Crippen molar-refractivity contribution in [3.63, 3.8) is 0 Å². The molecule has 0 N–H and O–H groups in total. The number of fused-ring (bicyclic) bond motifs is 6. The van der Waals surface area contributed by atoms with Gasteiger partial charge in [0.25, 0.3) is 0 Å². The summed E-state index contributed by atoms with van der Waals surface area (Å²) in [7, 11) is 0. The van der Waals surface area contributed by atoms with Crippen molar-refractivity contribution in [2.75, 3.05) is 0 Å². The van der Waals surface area contributed by atoms with Gasteiger partial charge in [-0.05, 0) is 145 Å². The van der Waals surface area contributed by atoms with E-state index >= 15 is 0 Å². The van der Waals surface area contributed by atoms with Crippen LogP contribution in [0.1, 0.15) is 105 Å². The topological polar surface area (TPSA) is 87.2 Å². The predicted octanol–water partition coefficient (Wildman–Crippen LogP) is 22.8. The first-order valence-electron chi connectivity index (χ1n) is 33.4. The quantitative estimate of drug-likeness (QED) is 0.136. The van der Waals surface area contributed by atoms with E-state index in [1.165, 1.54) is 43.8 Å². The monoisotopic (exact) mass is 1250 g/mol. The van der Waals surface area contributed by atoms with Gasteiger partial charge in [0.2, 0.25) is 0 Å². The Hall–Kier alpha value is -11.0. The molecule has 0 aliphatic carbocycles.